The van der Waals surface area contributed by atoms with Crippen LogP contribution >= 0.6 is 0 Å². The van der Waals surface area contributed by atoms with E-state index in [1.54, 1.807) is 18.2 Å². The maximum absolute atomic E-state index is 13.1. The van der Waals surface area contributed by atoms with Crippen molar-refractivity contribution in [1.82, 2.24) is 0 Å². The fourth-order valence-corrected chi connectivity index (χ4v) is 8.13. The molecule has 0 N–H and O–H groups in total. The van der Waals surface area contributed by atoms with E-state index < -0.39 is 0 Å². The number of hydrogen-bond donors (Lipinski definition) is 0. The van der Waals surface area contributed by atoms with Gasteiger partial charge < -0.3 is 4.74 Å². The molecule has 0 radical (unpaired) electrons. The maximum atomic E-state index is 13.1. The molecule has 0 amide bonds. The van der Waals surface area contributed by atoms with E-state index in [0.29, 0.717) is 16.2 Å². The van der Waals surface area contributed by atoms with Crippen molar-refractivity contribution < 1.29 is 9.53 Å². The van der Waals surface area contributed by atoms with Crippen molar-refractivity contribution >= 4 is 5.97 Å². The number of hydrogen-bond acceptors (Lipinski definition) is 4. The standard InChI is InChI=1S/C31H42N2O2/c1-3-5-6-13-29-16-19-31(20-17-29,21-18-29)30(12-4-2)14-10-24(11-15-30)28(34)35-27-9-7-8-25(22-32)26(27)23-33/h7-9,24H,3-6,10-21H2,1-2H3. The third-order valence-electron chi connectivity index (χ3n) is 10.3. The molecule has 4 nitrogen and oxygen atoms in total. The number of nitriles is 2. The number of ether oxygens (including phenoxy) is 1. The smallest absolute Gasteiger partial charge is 0.314 e. The molecule has 0 aromatic heterocycles. The minimum atomic E-state index is -0.235. The summed E-state index contributed by atoms with van der Waals surface area (Å²) in [6, 6.07) is 8.93. The highest BCUT2D eigenvalue weighted by atomic mass is 16.5. The first kappa shape index (κ1) is 25.8. The lowest BCUT2D eigenvalue weighted by Gasteiger charge is -2.63. The predicted octanol–water partition coefficient (Wildman–Crippen LogP) is 8.23. The van der Waals surface area contributed by atoms with Crippen LogP contribution in [-0.4, -0.2) is 5.97 Å². The molecule has 4 fully saturated rings. The molecule has 35 heavy (non-hydrogen) atoms. The van der Waals surface area contributed by atoms with Crippen LogP contribution in [0.2, 0.25) is 0 Å². The van der Waals surface area contributed by atoms with E-state index in [0.717, 1.165) is 25.7 Å². The van der Waals surface area contributed by atoms with Gasteiger partial charge in [0.1, 0.15) is 23.5 Å². The van der Waals surface area contributed by atoms with E-state index >= 15 is 0 Å². The van der Waals surface area contributed by atoms with Crippen LogP contribution in [0.25, 0.3) is 0 Å². The molecule has 1 aromatic rings. The summed E-state index contributed by atoms with van der Waals surface area (Å²) in [6.07, 6.45) is 20.4. The van der Waals surface area contributed by atoms with Gasteiger partial charge in [-0.3, -0.25) is 4.79 Å². The lowest BCUT2D eigenvalue weighted by atomic mass is 9.42. The molecule has 4 saturated carbocycles. The first-order valence-corrected chi connectivity index (χ1v) is 14.1. The summed E-state index contributed by atoms with van der Waals surface area (Å²) < 4.78 is 5.70. The summed E-state index contributed by atoms with van der Waals surface area (Å²) in [5.74, 6) is -0.130. The molecule has 4 aliphatic carbocycles. The number of rotatable bonds is 9. The Morgan fingerprint density at radius 2 is 1.60 bits per heavy atom. The van der Waals surface area contributed by atoms with Gasteiger partial charge in [0.15, 0.2) is 0 Å². The first-order valence-electron chi connectivity index (χ1n) is 14.1. The monoisotopic (exact) mass is 474 g/mol. The lowest BCUT2D eigenvalue weighted by molar-refractivity contribution is -0.148. The third-order valence-corrected chi connectivity index (χ3v) is 10.3. The SMILES string of the molecule is CCCCCC12CCC(C3(CCC)CCC(C(=O)Oc4cccc(C#N)c4C#N)CC3)(CC1)CC2. The Bertz CT molecular complexity index is 966. The molecular weight excluding hydrogens is 432 g/mol. The maximum Gasteiger partial charge on any atom is 0.314 e. The normalized spacial score (nSPS) is 31.9. The minimum absolute atomic E-state index is 0.117. The van der Waals surface area contributed by atoms with E-state index in [4.69, 9.17) is 4.74 Å². The number of fused-ring (bicyclic) bond motifs is 3. The van der Waals surface area contributed by atoms with Crippen LogP contribution in [0.15, 0.2) is 18.2 Å². The van der Waals surface area contributed by atoms with Gasteiger partial charge in [-0.15, -0.1) is 0 Å². The largest absolute Gasteiger partial charge is 0.425 e. The molecule has 4 heteroatoms. The zero-order valence-electron chi connectivity index (χ0n) is 21.8. The van der Waals surface area contributed by atoms with E-state index in [9.17, 15) is 15.3 Å². The number of nitrogens with zero attached hydrogens (tertiary/aromatic N) is 2. The molecule has 4 aliphatic rings. The molecule has 2 bridgehead atoms. The van der Waals surface area contributed by atoms with Crippen molar-refractivity contribution in [1.29, 1.82) is 10.5 Å². The highest BCUT2D eigenvalue weighted by Crippen LogP contribution is 2.69. The van der Waals surface area contributed by atoms with E-state index in [-0.39, 0.29) is 28.8 Å². The molecular formula is C31H42N2O2. The van der Waals surface area contributed by atoms with Crippen molar-refractivity contribution in [3.8, 4) is 17.9 Å². The summed E-state index contributed by atoms with van der Waals surface area (Å²) in [5, 5.41) is 18.7. The highest BCUT2D eigenvalue weighted by molar-refractivity contribution is 5.76. The van der Waals surface area contributed by atoms with Crippen molar-refractivity contribution in [2.45, 2.75) is 117 Å². The van der Waals surface area contributed by atoms with Crippen LogP contribution in [0.1, 0.15) is 128 Å². The second-order valence-corrected chi connectivity index (χ2v) is 11.9. The highest BCUT2D eigenvalue weighted by Gasteiger charge is 2.58. The number of carbonyl (C=O) groups is 1. The van der Waals surface area contributed by atoms with Crippen LogP contribution in [0.5, 0.6) is 5.75 Å². The van der Waals surface area contributed by atoms with Gasteiger partial charge in [-0.05, 0) is 105 Å². The molecule has 5 rings (SSSR count). The second-order valence-electron chi connectivity index (χ2n) is 11.9. The molecule has 1 aromatic carbocycles. The quantitative estimate of drug-likeness (QED) is 0.205. The molecule has 0 unspecified atom stereocenters. The van der Waals surface area contributed by atoms with Gasteiger partial charge >= 0.3 is 5.97 Å². The molecule has 0 atom stereocenters. The van der Waals surface area contributed by atoms with Crippen LogP contribution in [-0.2, 0) is 4.79 Å². The zero-order valence-corrected chi connectivity index (χ0v) is 21.8. The first-order chi connectivity index (χ1) is 17.0. The number of unbranched alkanes of at least 4 members (excludes halogenated alkanes) is 2. The van der Waals surface area contributed by atoms with Gasteiger partial charge in [0.2, 0.25) is 0 Å². The predicted molar refractivity (Wildman–Crippen MR) is 138 cm³/mol. The van der Waals surface area contributed by atoms with Gasteiger partial charge in [0.05, 0.1) is 11.5 Å². The van der Waals surface area contributed by atoms with Gasteiger partial charge in [-0.25, -0.2) is 0 Å². The fraction of sp³-hybridized carbons (Fsp3) is 0.710. The second kappa shape index (κ2) is 10.7. The molecule has 0 saturated heterocycles. The Morgan fingerprint density at radius 1 is 0.914 bits per heavy atom. The zero-order chi connectivity index (χ0) is 24.9. The topological polar surface area (TPSA) is 73.9 Å². The summed E-state index contributed by atoms with van der Waals surface area (Å²) in [7, 11) is 0. The van der Waals surface area contributed by atoms with Crippen LogP contribution in [0.4, 0.5) is 0 Å². The minimum Gasteiger partial charge on any atom is -0.425 e. The van der Waals surface area contributed by atoms with Gasteiger partial charge in [0.25, 0.3) is 0 Å². The molecule has 0 heterocycles. The van der Waals surface area contributed by atoms with Crippen molar-refractivity contribution in [3.05, 3.63) is 29.3 Å². The van der Waals surface area contributed by atoms with E-state index in [1.807, 2.05) is 12.1 Å². The summed E-state index contributed by atoms with van der Waals surface area (Å²) in [6.45, 7) is 4.63. The Hall–Kier alpha value is -2.33. The van der Waals surface area contributed by atoms with Crippen LogP contribution in [0, 0.1) is 44.8 Å². The Balaban J connectivity index is 1.42. The van der Waals surface area contributed by atoms with Crippen molar-refractivity contribution in [2.24, 2.45) is 22.2 Å². The summed E-state index contributed by atoms with van der Waals surface area (Å²) in [5.41, 5.74) is 1.88. The number of benzene rings is 1. The average Bonchev–Trinajstić information content (AvgIpc) is 2.90. The van der Waals surface area contributed by atoms with Crippen LogP contribution < -0.4 is 4.74 Å². The molecule has 188 valence electrons. The lowest BCUT2D eigenvalue weighted by Crippen LogP contribution is -2.53. The van der Waals surface area contributed by atoms with Crippen molar-refractivity contribution in [3.63, 3.8) is 0 Å². The van der Waals surface area contributed by atoms with Gasteiger partial charge in [-0.2, -0.15) is 10.5 Å². The Kier molecular flexibility index (Phi) is 7.90. The summed E-state index contributed by atoms with van der Waals surface area (Å²) >= 11 is 0. The van der Waals surface area contributed by atoms with Gasteiger partial charge in [0, 0.05) is 0 Å². The van der Waals surface area contributed by atoms with Crippen LogP contribution in [0.3, 0.4) is 0 Å². The van der Waals surface area contributed by atoms with Gasteiger partial charge in [-0.1, -0.05) is 45.6 Å². The van der Waals surface area contributed by atoms with E-state index in [1.165, 1.54) is 77.0 Å². The van der Waals surface area contributed by atoms with E-state index in [2.05, 4.69) is 13.8 Å². The number of carbonyl (C=O) groups excluding carboxylic acids is 1. The fourth-order valence-electron chi connectivity index (χ4n) is 8.13. The van der Waals surface area contributed by atoms with Crippen molar-refractivity contribution in [2.75, 3.05) is 0 Å². The summed E-state index contributed by atoms with van der Waals surface area (Å²) in [4.78, 5) is 13.1. The Morgan fingerprint density at radius 3 is 2.17 bits per heavy atom. The molecule has 0 spiro atoms. The third kappa shape index (κ3) is 4.87. The number of esters is 1. The average molecular weight is 475 g/mol. The molecule has 0 aliphatic heterocycles. The Labute approximate surface area is 212 Å².